The van der Waals surface area contributed by atoms with Crippen molar-refractivity contribution in [2.75, 3.05) is 0 Å². The van der Waals surface area contributed by atoms with Gasteiger partial charge in [-0.05, 0) is 71.8 Å². The molecule has 0 saturated carbocycles. The van der Waals surface area contributed by atoms with Crippen LogP contribution in [-0.4, -0.2) is 16.7 Å². The Morgan fingerprint density at radius 1 is 0.939 bits per heavy atom. The number of benzene rings is 3. The Balaban J connectivity index is 1.92. The predicted octanol–water partition coefficient (Wildman–Crippen LogP) is 4.69. The maximum atomic E-state index is 13.8. The van der Waals surface area contributed by atoms with Crippen LogP contribution in [0.4, 0.5) is 0 Å². The molecule has 0 fully saturated rings. The second-order valence-corrected chi connectivity index (χ2v) is 8.74. The van der Waals surface area contributed by atoms with Gasteiger partial charge in [0.1, 0.15) is 0 Å². The van der Waals surface area contributed by atoms with Crippen LogP contribution in [0.1, 0.15) is 48.5 Å². The number of para-hydroxylation sites is 1. The molecule has 0 aliphatic heterocycles. The summed E-state index contributed by atoms with van der Waals surface area (Å²) in [6.45, 7) is 3.74. The number of pyridine rings is 1. The van der Waals surface area contributed by atoms with Gasteiger partial charge in [-0.1, -0.05) is 48.2 Å². The number of rotatable bonds is 3. The molecule has 1 heterocycles. The van der Waals surface area contributed by atoms with E-state index in [0.29, 0.717) is 16.7 Å². The third-order valence-corrected chi connectivity index (χ3v) is 6.29. The number of ketones is 1. The quantitative estimate of drug-likeness (QED) is 0.0978. The van der Waals surface area contributed by atoms with Gasteiger partial charge in [-0.3, -0.25) is 20.0 Å². The topological polar surface area (TPSA) is 85.1 Å². The van der Waals surface area contributed by atoms with Gasteiger partial charge < -0.3 is 0 Å². The van der Waals surface area contributed by atoms with Gasteiger partial charge in [-0.15, -0.1) is 0 Å². The second kappa shape index (κ2) is 9.53. The maximum Gasteiger partial charge on any atom is 0.265 e. The lowest BCUT2D eigenvalue weighted by atomic mass is 9.89. The Hall–Kier alpha value is -3.54. The van der Waals surface area contributed by atoms with E-state index in [4.69, 9.17) is 5.84 Å². The molecule has 5 nitrogen and oxygen atoms in total. The van der Waals surface area contributed by atoms with E-state index in [2.05, 4.69) is 44.8 Å². The number of carbonyl (C=O) groups excluding carboxylic acids is 2. The van der Waals surface area contributed by atoms with Crippen LogP contribution in [-0.2, 0) is 0 Å². The minimum absolute atomic E-state index is 0.188. The highest BCUT2D eigenvalue weighted by molar-refractivity contribution is 14.1. The molecule has 0 atom stereocenters. The number of nitrogens with two attached hydrogens (primary N) is 1. The van der Waals surface area contributed by atoms with Gasteiger partial charge >= 0.3 is 0 Å². The summed E-state index contributed by atoms with van der Waals surface area (Å²) >= 11 is 2.14. The first-order chi connectivity index (χ1) is 15.9. The largest absolute Gasteiger partial charge is 0.290 e. The predicted molar refractivity (Wildman–Crippen MR) is 138 cm³/mol. The summed E-state index contributed by atoms with van der Waals surface area (Å²) in [5, 5.41) is 0.975. The fourth-order valence-electron chi connectivity index (χ4n) is 3.69. The fraction of sp³-hybridized carbons (Fsp3) is 0.0741. The maximum absolute atomic E-state index is 13.8. The minimum atomic E-state index is -0.544. The lowest BCUT2D eigenvalue weighted by Gasteiger charge is -2.14. The van der Waals surface area contributed by atoms with E-state index >= 15 is 0 Å². The first-order valence-electron chi connectivity index (χ1n) is 10.2. The Labute approximate surface area is 205 Å². The molecule has 1 amide bonds. The third kappa shape index (κ3) is 4.51. The summed E-state index contributed by atoms with van der Waals surface area (Å²) < 4.78 is 0.802. The molecular weight excluding hydrogens is 525 g/mol. The van der Waals surface area contributed by atoms with E-state index in [1.54, 1.807) is 18.3 Å². The number of nitrogen functional groups attached to an aromatic ring is 1. The van der Waals surface area contributed by atoms with Crippen molar-refractivity contribution in [2.45, 2.75) is 13.8 Å². The molecule has 3 aromatic carbocycles. The van der Waals surface area contributed by atoms with Gasteiger partial charge in [0.2, 0.25) is 0 Å². The van der Waals surface area contributed by atoms with Crippen molar-refractivity contribution in [3.05, 3.63) is 109 Å². The first kappa shape index (κ1) is 22.6. The van der Waals surface area contributed by atoms with Gasteiger partial charge in [0.25, 0.3) is 5.91 Å². The Kier molecular flexibility index (Phi) is 6.54. The van der Waals surface area contributed by atoms with E-state index in [9.17, 15) is 9.59 Å². The number of hydrazine groups is 1. The number of hydrogen-bond acceptors (Lipinski definition) is 4. The summed E-state index contributed by atoms with van der Waals surface area (Å²) in [5.74, 6) is 10.9. The van der Waals surface area contributed by atoms with Crippen LogP contribution in [0.3, 0.4) is 0 Å². The van der Waals surface area contributed by atoms with E-state index in [-0.39, 0.29) is 16.9 Å². The van der Waals surface area contributed by atoms with E-state index in [1.165, 1.54) is 0 Å². The van der Waals surface area contributed by atoms with E-state index in [1.807, 2.05) is 62.4 Å². The lowest BCUT2D eigenvalue weighted by Crippen LogP contribution is -2.32. The van der Waals surface area contributed by atoms with Crippen molar-refractivity contribution in [1.29, 1.82) is 0 Å². The fourth-order valence-corrected chi connectivity index (χ4v) is 4.57. The molecular formula is C27H20IN3O2. The zero-order chi connectivity index (χ0) is 23.5. The van der Waals surface area contributed by atoms with Crippen LogP contribution in [0.5, 0.6) is 0 Å². The standard InChI is InChI=1S/C27H20IN3O2/c1-16-10-12-21(27(33)31-29)25(26(32)24-17(2)6-5-8-22(24)28)20(16)13-11-18-14-19-7-3-4-9-23(19)30-15-18/h3-10,12,14-15H,29H2,1-2H3,(H,31,33). The van der Waals surface area contributed by atoms with Crippen LogP contribution in [0.15, 0.2) is 66.9 Å². The molecule has 4 aromatic rings. The molecule has 0 bridgehead atoms. The van der Waals surface area contributed by atoms with Gasteiger partial charge in [0, 0.05) is 31.8 Å². The number of halogens is 1. The average Bonchev–Trinajstić information content (AvgIpc) is 2.82. The van der Waals surface area contributed by atoms with Gasteiger partial charge in [-0.2, -0.15) is 0 Å². The first-order valence-corrected chi connectivity index (χ1v) is 11.3. The normalized spacial score (nSPS) is 10.4. The molecule has 0 unspecified atom stereocenters. The van der Waals surface area contributed by atoms with Crippen molar-refractivity contribution in [2.24, 2.45) is 5.84 Å². The van der Waals surface area contributed by atoms with Gasteiger partial charge in [0.05, 0.1) is 16.6 Å². The SMILES string of the molecule is Cc1ccc(C(=O)NN)c(C(=O)c2c(C)cccc2I)c1C#Cc1cnc2ccccc2c1. The highest BCUT2D eigenvalue weighted by Crippen LogP contribution is 2.26. The van der Waals surface area contributed by atoms with Crippen LogP contribution in [0.25, 0.3) is 10.9 Å². The monoisotopic (exact) mass is 545 g/mol. The summed E-state index contributed by atoms with van der Waals surface area (Å²) in [5.41, 5.74) is 6.82. The lowest BCUT2D eigenvalue weighted by molar-refractivity contribution is 0.0942. The van der Waals surface area contributed by atoms with Crippen molar-refractivity contribution < 1.29 is 9.59 Å². The number of carbonyl (C=O) groups is 2. The number of hydrogen-bond donors (Lipinski definition) is 2. The van der Waals surface area contributed by atoms with Crippen molar-refractivity contribution in [3.8, 4) is 11.8 Å². The Morgan fingerprint density at radius 3 is 2.48 bits per heavy atom. The molecule has 3 N–H and O–H groups in total. The van der Waals surface area contributed by atoms with Gasteiger partial charge in [0.15, 0.2) is 5.78 Å². The van der Waals surface area contributed by atoms with Gasteiger partial charge in [-0.25, -0.2) is 5.84 Å². The summed E-state index contributed by atoms with van der Waals surface area (Å²) in [4.78, 5) is 30.8. The highest BCUT2D eigenvalue weighted by atomic mass is 127. The van der Waals surface area contributed by atoms with Crippen LogP contribution in [0, 0.1) is 29.3 Å². The number of amides is 1. The molecule has 0 spiro atoms. The molecule has 6 heteroatoms. The molecule has 0 saturated heterocycles. The van der Waals surface area contributed by atoms with E-state index < -0.39 is 5.91 Å². The van der Waals surface area contributed by atoms with Crippen LogP contribution >= 0.6 is 22.6 Å². The second-order valence-electron chi connectivity index (χ2n) is 7.58. The molecule has 0 radical (unpaired) electrons. The molecule has 0 aliphatic rings. The Morgan fingerprint density at radius 2 is 1.73 bits per heavy atom. The third-order valence-electron chi connectivity index (χ3n) is 5.39. The average molecular weight is 545 g/mol. The number of nitrogens with zero attached hydrogens (tertiary/aromatic N) is 1. The van der Waals surface area contributed by atoms with Crippen molar-refractivity contribution in [3.63, 3.8) is 0 Å². The molecule has 33 heavy (non-hydrogen) atoms. The zero-order valence-electron chi connectivity index (χ0n) is 18.1. The molecule has 162 valence electrons. The number of aryl methyl sites for hydroxylation is 2. The summed E-state index contributed by atoms with van der Waals surface area (Å²) in [6, 6.07) is 18.8. The molecule has 1 aromatic heterocycles. The molecule has 4 rings (SSSR count). The number of nitrogens with one attached hydrogen (secondary N) is 1. The van der Waals surface area contributed by atoms with Crippen molar-refractivity contribution >= 4 is 45.2 Å². The smallest absolute Gasteiger partial charge is 0.265 e. The summed E-state index contributed by atoms with van der Waals surface area (Å²) in [6.07, 6.45) is 1.70. The van der Waals surface area contributed by atoms with Crippen molar-refractivity contribution in [1.82, 2.24) is 10.4 Å². The van der Waals surface area contributed by atoms with Crippen LogP contribution in [0.2, 0.25) is 0 Å². The minimum Gasteiger partial charge on any atom is -0.290 e. The number of aromatic nitrogens is 1. The van der Waals surface area contributed by atoms with E-state index in [0.717, 1.165) is 25.6 Å². The number of fused-ring (bicyclic) bond motifs is 1. The zero-order valence-corrected chi connectivity index (χ0v) is 20.2. The van der Waals surface area contributed by atoms with Crippen LogP contribution < -0.4 is 11.3 Å². The summed E-state index contributed by atoms with van der Waals surface area (Å²) in [7, 11) is 0. The molecule has 0 aliphatic carbocycles. The highest BCUT2D eigenvalue weighted by Gasteiger charge is 2.25. The Bertz CT molecular complexity index is 1460.